The summed E-state index contributed by atoms with van der Waals surface area (Å²) in [6.45, 7) is 6.44. The zero-order valence-corrected chi connectivity index (χ0v) is 17.9. The third-order valence-corrected chi connectivity index (χ3v) is 6.38. The van der Waals surface area contributed by atoms with E-state index in [2.05, 4.69) is 11.8 Å². The Kier molecular flexibility index (Phi) is 5.86. The average molecular weight is 415 g/mol. The molecule has 1 aromatic rings. The summed E-state index contributed by atoms with van der Waals surface area (Å²) in [5.74, 6) is 0.252. The fourth-order valence-corrected chi connectivity index (χ4v) is 4.97. The first-order valence-corrected chi connectivity index (χ1v) is 10.2. The number of carbonyl (C=O) groups is 3. The number of ketones is 2. The van der Waals surface area contributed by atoms with Crippen molar-refractivity contribution in [3.8, 4) is 11.8 Å². The molecule has 0 unspecified atom stereocenters. The molecule has 0 aromatic heterocycles. The minimum Gasteiger partial charge on any atom is -0.337 e. The minimum atomic E-state index is -3.41. The topological polar surface area (TPSA) is 54.5 Å². The lowest BCUT2D eigenvalue weighted by Crippen LogP contribution is -2.51. The Morgan fingerprint density at radius 1 is 1.10 bits per heavy atom. The maximum absolute atomic E-state index is 13.3. The van der Waals surface area contributed by atoms with Gasteiger partial charge in [0.15, 0.2) is 0 Å². The average Bonchev–Trinajstić information content (AvgIpc) is 2.63. The highest BCUT2D eigenvalue weighted by Gasteiger charge is 2.49. The van der Waals surface area contributed by atoms with Crippen LogP contribution in [0.2, 0.25) is 0 Å². The molecule has 1 saturated carbocycles. The molecule has 0 radical (unpaired) electrons. The standard InChI is InChI=1S/C24H27F2NO3/c1-5-6-17-11-15(2)20(16(3)12-17)21-18(28)13-24(14-19(21)29)7-9-27(10-8-24)22(30)23(4,25)26/h11-12,21H,7-10,13-14H2,1-4H3. The van der Waals surface area contributed by atoms with Crippen LogP contribution in [-0.4, -0.2) is 41.4 Å². The van der Waals surface area contributed by atoms with E-state index in [1.807, 2.05) is 26.0 Å². The molecule has 2 aliphatic rings. The van der Waals surface area contributed by atoms with Gasteiger partial charge in [0.1, 0.15) is 17.5 Å². The quantitative estimate of drug-likeness (QED) is 0.543. The Morgan fingerprint density at radius 2 is 1.60 bits per heavy atom. The maximum Gasteiger partial charge on any atom is 0.322 e. The van der Waals surface area contributed by atoms with Crippen LogP contribution in [0.4, 0.5) is 8.78 Å². The van der Waals surface area contributed by atoms with E-state index < -0.39 is 23.2 Å². The number of benzene rings is 1. The fourth-order valence-electron chi connectivity index (χ4n) is 4.97. The van der Waals surface area contributed by atoms with Gasteiger partial charge in [-0.2, -0.15) is 8.78 Å². The van der Waals surface area contributed by atoms with Crippen LogP contribution in [-0.2, 0) is 14.4 Å². The number of hydrogen-bond donors (Lipinski definition) is 0. The number of amides is 1. The number of nitrogens with zero attached hydrogens (tertiary/aromatic N) is 1. The van der Waals surface area contributed by atoms with Crippen molar-refractivity contribution in [1.29, 1.82) is 0 Å². The fraction of sp³-hybridized carbons (Fsp3) is 0.542. The van der Waals surface area contributed by atoms with Gasteiger partial charge >= 0.3 is 5.92 Å². The summed E-state index contributed by atoms with van der Waals surface area (Å²) in [7, 11) is 0. The first kappa shape index (κ1) is 22.1. The van der Waals surface area contributed by atoms with Gasteiger partial charge in [-0.1, -0.05) is 5.92 Å². The van der Waals surface area contributed by atoms with E-state index in [9.17, 15) is 23.2 Å². The second-order valence-electron chi connectivity index (χ2n) is 8.80. The predicted octanol–water partition coefficient (Wildman–Crippen LogP) is 3.95. The summed E-state index contributed by atoms with van der Waals surface area (Å²) in [5, 5.41) is 0. The summed E-state index contributed by atoms with van der Waals surface area (Å²) in [6.07, 6.45) is 1.26. The van der Waals surface area contributed by atoms with Gasteiger partial charge in [-0.15, -0.1) is 5.92 Å². The first-order chi connectivity index (χ1) is 14.0. The summed E-state index contributed by atoms with van der Waals surface area (Å²) >= 11 is 0. The molecule has 1 amide bonds. The van der Waals surface area contributed by atoms with Crippen LogP contribution in [0.15, 0.2) is 12.1 Å². The van der Waals surface area contributed by atoms with Crippen LogP contribution in [0.25, 0.3) is 0 Å². The van der Waals surface area contributed by atoms with Crippen molar-refractivity contribution in [3.05, 3.63) is 34.4 Å². The van der Waals surface area contributed by atoms with Gasteiger partial charge in [-0.05, 0) is 67.9 Å². The summed E-state index contributed by atoms with van der Waals surface area (Å²) in [6, 6.07) is 3.80. The first-order valence-electron chi connectivity index (χ1n) is 10.2. The van der Waals surface area contributed by atoms with Gasteiger partial charge in [-0.25, -0.2) is 0 Å². The highest BCUT2D eigenvalue weighted by atomic mass is 19.3. The van der Waals surface area contributed by atoms with Gasteiger partial charge < -0.3 is 4.90 Å². The summed E-state index contributed by atoms with van der Waals surface area (Å²) in [4.78, 5) is 39.2. The lowest BCUT2D eigenvalue weighted by Gasteiger charge is -2.45. The van der Waals surface area contributed by atoms with E-state index in [1.54, 1.807) is 6.92 Å². The van der Waals surface area contributed by atoms with Crippen LogP contribution >= 0.6 is 0 Å². The van der Waals surface area contributed by atoms with E-state index in [0.29, 0.717) is 19.8 Å². The smallest absolute Gasteiger partial charge is 0.322 e. The van der Waals surface area contributed by atoms with Crippen molar-refractivity contribution in [2.45, 2.75) is 65.2 Å². The van der Waals surface area contributed by atoms with Crippen LogP contribution in [0.3, 0.4) is 0 Å². The molecular weight excluding hydrogens is 388 g/mol. The molecule has 30 heavy (non-hydrogen) atoms. The zero-order chi connectivity index (χ0) is 22.3. The third kappa shape index (κ3) is 4.16. The number of carbonyl (C=O) groups excluding carboxylic acids is 3. The van der Waals surface area contributed by atoms with E-state index in [4.69, 9.17) is 0 Å². The molecule has 1 aliphatic heterocycles. The van der Waals surface area contributed by atoms with Gasteiger partial charge in [0.2, 0.25) is 0 Å². The maximum atomic E-state index is 13.3. The number of likely N-dealkylation sites (tertiary alicyclic amines) is 1. The number of halogens is 2. The second kappa shape index (κ2) is 7.94. The van der Waals surface area contributed by atoms with Crippen molar-refractivity contribution in [1.82, 2.24) is 4.90 Å². The van der Waals surface area contributed by atoms with Crippen LogP contribution < -0.4 is 0 Å². The SMILES string of the molecule is CC#Cc1cc(C)c(C2C(=O)CC3(CCN(C(=O)C(C)(F)F)CC3)CC2=O)c(C)c1. The lowest BCUT2D eigenvalue weighted by molar-refractivity contribution is -0.158. The van der Waals surface area contributed by atoms with Crippen molar-refractivity contribution in [2.24, 2.45) is 5.41 Å². The molecule has 1 heterocycles. The molecule has 1 aliphatic carbocycles. The monoisotopic (exact) mass is 415 g/mol. The second-order valence-corrected chi connectivity index (χ2v) is 8.80. The van der Waals surface area contributed by atoms with Crippen LogP contribution in [0.5, 0.6) is 0 Å². The van der Waals surface area contributed by atoms with Gasteiger partial charge in [-0.3, -0.25) is 14.4 Å². The Hall–Kier alpha value is -2.55. The minimum absolute atomic E-state index is 0.118. The van der Waals surface area contributed by atoms with Crippen molar-refractivity contribution < 1.29 is 23.2 Å². The molecule has 0 bridgehead atoms. The molecule has 1 saturated heterocycles. The molecule has 160 valence electrons. The van der Waals surface area contributed by atoms with Gasteiger partial charge in [0.25, 0.3) is 5.91 Å². The molecule has 0 atom stereocenters. The zero-order valence-electron chi connectivity index (χ0n) is 17.9. The molecule has 4 nitrogen and oxygen atoms in total. The molecular formula is C24H27F2NO3. The summed E-state index contributed by atoms with van der Waals surface area (Å²) < 4.78 is 26.7. The molecule has 0 N–H and O–H groups in total. The van der Waals surface area contributed by atoms with E-state index in [0.717, 1.165) is 27.2 Å². The van der Waals surface area contributed by atoms with Crippen molar-refractivity contribution in [3.63, 3.8) is 0 Å². The number of rotatable bonds is 2. The number of hydrogen-bond acceptors (Lipinski definition) is 3. The van der Waals surface area contributed by atoms with Gasteiger partial charge in [0, 0.05) is 38.4 Å². The van der Waals surface area contributed by atoms with E-state index in [1.165, 1.54) is 0 Å². The Labute approximate surface area is 176 Å². The van der Waals surface area contributed by atoms with Crippen LogP contribution in [0.1, 0.15) is 67.7 Å². The molecule has 6 heteroatoms. The normalized spacial score (nSPS) is 19.6. The molecule has 2 fully saturated rings. The highest BCUT2D eigenvalue weighted by molar-refractivity contribution is 6.10. The largest absolute Gasteiger partial charge is 0.337 e. The number of alkyl halides is 2. The molecule has 1 aromatic carbocycles. The Bertz CT molecular complexity index is 914. The number of piperidine rings is 1. The molecule has 3 rings (SSSR count). The number of Topliss-reactive ketones (excluding diaryl/α,β-unsaturated/α-hetero) is 2. The highest BCUT2D eigenvalue weighted by Crippen LogP contribution is 2.47. The third-order valence-electron chi connectivity index (χ3n) is 6.38. The van der Waals surface area contributed by atoms with E-state index in [-0.39, 0.29) is 37.5 Å². The molecule has 1 spiro atoms. The van der Waals surface area contributed by atoms with Crippen molar-refractivity contribution in [2.75, 3.05) is 13.1 Å². The van der Waals surface area contributed by atoms with Crippen LogP contribution in [0, 0.1) is 31.1 Å². The Balaban J connectivity index is 1.79. The van der Waals surface area contributed by atoms with Gasteiger partial charge in [0.05, 0.1) is 0 Å². The van der Waals surface area contributed by atoms with E-state index >= 15 is 0 Å². The predicted molar refractivity (Wildman–Crippen MR) is 109 cm³/mol. The Morgan fingerprint density at radius 3 is 2.03 bits per heavy atom. The lowest BCUT2D eigenvalue weighted by atomic mass is 9.62. The van der Waals surface area contributed by atoms with Crippen molar-refractivity contribution >= 4 is 17.5 Å². The summed E-state index contributed by atoms with van der Waals surface area (Å²) in [5.41, 5.74) is 2.84. The number of aryl methyl sites for hydroxylation is 2.